The molecule has 0 aliphatic carbocycles. The zero-order chi connectivity index (χ0) is 27.6. The molecule has 194 valence electrons. The second-order valence-corrected chi connectivity index (χ2v) is 11.0. The summed E-state index contributed by atoms with van der Waals surface area (Å²) in [6.45, 7) is 0. The van der Waals surface area contributed by atoms with Crippen molar-refractivity contribution in [2.45, 2.75) is 4.90 Å². The number of aromatic nitrogens is 2. The first-order chi connectivity index (χ1) is 18.7. The van der Waals surface area contributed by atoms with E-state index in [4.69, 9.17) is 15.9 Å². The number of primary amides is 1. The molecular weight excluding hydrogens is 534 g/mol. The van der Waals surface area contributed by atoms with Crippen LogP contribution in [0.5, 0.6) is 0 Å². The van der Waals surface area contributed by atoms with E-state index in [1.54, 1.807) is 85.2 Å². The lowest BCUT2D eigenvalue weighted by Gasteiger charge is -2.10. The minimum Gasteiger partial charge on any atom is -0.366 e. The largest absolute Gasteiger partial charge is 0.366 e. The molecule has 0 fully saturated rings. The van der Waals surface area contributed by atoms with Crippen molar-refractivity contribution in [3.05, 3.63) is 108 Å². The molecule has 39 heavy (non-hydrogen) atoms. The molecule has 0 spiro atoms. The first-order valence-electron chi connectivity index (χ1n) is 11.6. The van der Waals surface area contributed by atoms with Crippen LogP contribution in [0, 0.1) is 0 Å². The molecule has 3 aromatic carbocycles. The minimum absolute atomic E-state index is 0.0113. The quantitative estimate of drug-likeness (QED) is 0.267. The lowest BCUT2D eigenvalue weighted by molar-refractivity contribution is 0.0998. The predicted octanol–water partition coefficient (Wildman–Crippen LogP) is 4.54. The first kappa shape index (κ1) is 25.9. The van der Waals surface area contributed by atoms with Gasteiger partial charge in [-0.3, -0.25) is 14.6 Å². The summed E-state index contributed by atoms with van der Waals surface area (Å²) in [7, 11) is -3.92. The van der Waals surface area contributed by atoms with E-state index in [1.165, 1.54) is 17.4 Å². The number of sulfonamides is 1. The molecule has 5 rings (SSSR count). The Hall–Kier alpha value is -4.71. The summed E-state index contributed by atoms with van der Waals surface area (Å²) < 4.78 is 24.0. The third-order valence-electron chi connectivity index (χ3n) is 5.81. The summed E-state index contributed by atoms with van der Waals surface area (Å²) in [4.78, 5) is 34.4. The highest BCUT2D eigenvalue weighted by Crippen LogP contribution is 2.35. The number of carbonyl (C=O) groups is 2. The van der Waals surface area contributed by atoms with Gasteiger partial charge >= 0.3 is 0 Å². The second-order valence-electron chi connectivity index (χ2n) is 8.46. The van der Waals surface area contributed by atoms with Crippen molar-refractivity contribution in [2.75, 3.05) is 5.32 Å². The summed E-state index contributed by atoms with van der Waals surface area (Å²) in [5.74, 6) is -0.991. The molecule has 2 amide bonds. The zero-order valence-corrected chi connectivity index (χ0v) is 21.9. The van der Waals surface area contributed by atoms with Crippen LogP contribution in [-0.4, -0.2) is 30.2 Å². The molecule has 0 saturated carbocycles. The number of amides is 2. The molecule has 9 nitrogen and oxygen atoms in total. The number of benzene rings is 3. The molecule has 0 saturated heterocycles. The normalized spacial score (nSPS) is 11.2. The lowest BCUT2D eigenvalue weighted by atomic mass is 10.1. The summed E-state index contributed by atoms with van der Waals surface area (Å²) >= 11 is 1.19. The second kappa shape index (κ2) is 10.6. The minimum atomic E-state index is -3.92. The predicted molar refractivity (Wildman–Crippen MR) is 151 cm³/mol. The molecule has 2 aromatic heterocycles. The number of nitrogens with one attached hydrogen (secondary N) is 1. The van der Waals surface area contributed by atoms with E-state index in [0.29, 0.717) is 43.5 Å². The van der Waals surface area contributed by atoms with Crippen LogP contribution < -0.4 is 16.2 Å². The monoisotopic (exact) mass is 555 g/mol. The number of anilines is 1. The third-order valence-corrected chi connectivity index (χ3v) is 7.88. The number of carbonyl (C=O) groups excluding carboxylic acids is 2. The number of hydrogen-bond donors (Lipinski definition) is 3. The van der Waals surface area contributed by atoms with Crippen LogP contribution >= 0.6 is 11.3 Å². The molecule has 5 aromatic rings. The van der Waals surface area contributed by atoms with Gasteiger partial charge in [0.05, 0.1) is 10.6 Å². The van der Waals surface area contributed by atoms with Crippen LogP contribution in [0.25, 0.3) is 33.0 Å². The van der Waals surface area contributed by atoms with Crippen LogP contribution in [0.1, 0.15) is 20.0 Å². The Balaban J connectivity index is 1.49. The van der Waals surface area contributed by atoms with Gasteiger partial charge in [0.1, 0.15) is 9.88 Å². The molecule has 0 radical (unpaired) electrons. The van der Waals surface area contributed by atoms with Gasteiger partial charge < -0.3 is 11.1 Å². The molecule has 0 unspecified atom stereocenters. The summed E-state index contributed by atoms with van der Waals surface area (Å²) in [6, 6.07) is 23.4. The summed E-state index contributed by atoms with van der Waals surface area (Å²) in [5.41, 5.74) is 9.04. The highest BCUT2D eigenvalue weighted by atomic mass is 32.2. The maximum absolute atomic E-state index is 13.5. The molecule has 11 heteroatoms. The third kappa shape index (κ3) is 5.60. The Kier molecular flexibility index (Phi) is 7.03. The van der Waals surface area contributed by atoms with Gasteiger partial charge in [0, 0.05) is 40.3 Å². The first-order valence-corrected chi connectivity index (χ1v) is 13.9. The van der Waals surface area contributed by atoms with E-state index >= 15 is 0 Å². The number of thiazole rings is 1. The van der Waals surface area contributed by atoms with Crippen LogP contribution in [-0.2, 0) is 10.0 Å². The van der Waals surface area contributed by atoms with Gasteiger partial charge in [-0.05, 0) is 48.0 Å². The molecule has 0 atom stereocenters. The number of nitrogens with two attached hydrogens (primary N) is 2. The van der Waals surface area contributed by atoms with Crippen molar-refractivity contribution < 1.29 is 18.0 Å². The van der Waals surface area contributed by atoms with E-state index in [2.05, 4.69) is 10.3 Å². The average Bonchev–Trinajstić information content (AvgIpc) is 3.40. The van der Waals surface area contributed by atoms with Crippen LogP contribution in [0.15, 0.2) is 102 Å². The van der Waals surface area contributed by atoms with Gasteiger partial charge in [0.2, 0.25) is 15.9 Å². The number of hydrogen-bond acceptors (Lipinski definition) is 7. The van der Waals surface area contributed by atoms with Crippen molar-refractivity contribution in [1.29, 1.82) is 0 Å². The fourth-order valence-electron chi connectivity index (χ4n) is 3.98. The number of rotatable bonds is 7. The van der Waals surface area contributed by atoms with E-state index in [1.807, 2.05) is 6.07 Å². The lowest BCUT2D eigenvalue weighted by Crippen LogP contribution is -2.13. The molecule has 0 aliphatic heterocycles. The Bertz CT molecular complexity index is 1800. The van der Waals surface area contributed by atoms with E-state index < -0.39 is 21.8 Å². The highest BCUT2D eigenvalue weighted by Gasteiger charge is 2.22. The Morgan fingerprint density at radius 3 is 2.28 bits per heavy atom. The standard InChI is InChI=1S/C28H21N5O4S2/c29-26(34)19-6-3-5-18(15-19)24-25(38-28(33-24)20-7-4-14-31-16-20)27(35)32-21-12-10-17(11-13-21)22-8-1-2-9-23(22)39(30,36)37/h1-16H,(H2,29,34)(H,32,35)(H2,30,36,37). The van der Waals surface area contributed by atoms with Gasteiger partial charge in [0.15, 0.2) is 0 Å². The Morgan fingerprint density at radius 1 is 0.846 bits per heavy atom. The maximum atomic E-state index is 13.5. The Labute approximate surface area is 228 Å². The number of nitrogens with zero attached hydrogens (tertiary/aromatic N) is 2. The van der Waals surface area contributed by atoms with Crippen LogP contribution in [0.2, 0.25) is 0 Å². The maximum Gasteiger partial charge on any atom is 0.268 e. The SMILES string of the molecule is NC(=O)c1cccc(-c2nc(-c3cccnc3)sc2C(=O)Nc2ccc(-c3ccccc3S(N)(=O)=O)cc2)c1. The Morgan fingerprint density at radius 2 is 1.59 bits per heavy atom. The average molecular weight is 556 g/mol. The number of primary sulfonamides is 1. The fraction of sp³-hybridized carbons (Fsp3) is 0. The molecular formula is C28H21N5O4S2. The van der Waals surface area contributed by atoms with Crippen molar-refractivity contribution in [3.63, 3.8) is 0 Å². The van der Waals surface area contributed by atoms with E-state index in [0.717, 1.165) is 5.56 Å². The van der Waals surface area contributed by atoms with Crippen molar-refractivity contribution >= 4 is 38.9 Å². The molecule has 5 N–H and O–H groups in total. The van der Waals surface area contributed by atoms with Gasteiger partial charge in [-0.15, -0.1) is 11.3 Å². The van der Waals surface area contributed by atoms with Crippen LogP contribution in [0.3, 0.4) is 0 Å². The molecule has 0 aliphatic rings. The van der Waals surface area contributed by atoms with Gasteiger partial charge in [-0.1, -0.05) is 42.5 Å². The number of pyridine rings is 1. The smallest absolute Gasteiger partial charge is 0.268 e. The molecule has 2 heterocycles. The fourth-order valence-corrected chi connectivity index (χ4v) is 5.71. The highest BCUT2D eigenvalue weighted by molar-refractivity contribution is 7.89. The summed E-state index contributed by atoms with van der Waals surface area (Å²) in [5, 5.41) is 8.83. The van der Waals surface area contributed by atoms with Crippen molar-refractivity contribution in [2.24, 2.45) is 10.9 Å². The van der Waals surface area contributed by atoms with Gasteiger partial charge in [-0.25, -0.2) is 18.5 Å². The van der Waals surface area contributed by atoms with Gasteiger partial charge in [0.25, 0.3) is 5.91 Å². The van der Waals surface area contributed by atoms with Crippen molar-refractivity contribution in [1.82, 2.24) is 9.97 Å². The topological polar surface area (TPSA) is 158 Å². The van der Waals surface area contributed by atoms with E-state index in [9.17, 15) is 18.0 Å². The van der Waals surface area contributed by atoms with E-state index in [-0.39, 0.29) is 4.90 Å². The molecule has 0 bridgehead atoms. The van der Waals surface area contributed by atoms with Crippen LogP contribution in [0.4, 0.5) is 5.69 Å². The van der Waals surface area contributed by atoms with Gasteiger partial charge in [-0.2, -0.15) is 0 Å². The zero-order valence-electron chi connectivity index (χ0n) is 20.2. The summed E-state index contributed by atoms with van der Waals surface area (Å²) in [6.07, 6.45) is 3.30. The van der Waals surface area contributed by atoms with Crippen molar-refractivity contribution in [3.8, 4) is 33.0 Å².